The molecule has 240 valence electrons. The second-order valence-electron chi connectivity index (χ2n) is 11.4. The number of nitrogens with one attached hydrogen (secondary N) is 4. The van der Waals surface area contributed by atoms with E-state index < -0.39 is 27.6 Å². The Morgan fingerprint density at radius 1 is 0.761 bits per heavy atom. The number of ether oxygens (including phenoxy) is 2. The molecule has 2 atom stereocenters. The second-order valence-corrected chi connectivity index (χ2v) is 13.2. The SMILES string of the molecule is CS(=O)(=O)Nc1cccc(-c2cc(NC(=O)c3ccc(O[C@H]4CCNC4)c(-c4ccc(F)c(F)c4)c3)ccc2O[C@H]2CCNC2)c1. The van der Waals surface area contributed by atoms with Crippen molar-refractivity contribution in [3.63, 3.8) is 0 Å². The lowest BCUT2D eigenvalue weighted by Crippen LogP contribution is -2.20. The van der Waals surface area contributed by atoms with Gasteiger partial charge in [0, 0.05) is 41.2 Å². The summed E-state index contributed by atoms with van der Waals surface area (Å²) >= 11 is 0. The first kappa shape index (κ1) is 31.5. The van der Waals surface area contributed by atoms with Crippen molar-refractivity contribution in [1.29, 1.82) is 0 Å². The van der Waals surface area contributed by atoms with Crippen molar-refractivity contribution in [1.82, 2.24) is 10.6 Å². The van der Waals surface area contributed by atoms with Crippen LogP contribution in [-0.4, -0.2) is 59.0 Å². The maximum Gasteiger partial charge on any atom is 0.255 e. The molecule has 12 heteroatoms. The number of rotatable bonds is 10. The highest BCUT2D eigenvalue weighted by molar-refractivity contribution is 7.92. The third-order valence-electron chi connectivity index (χ3n) is 7.80. The molecule has 0 saturated carbocycles. The first-order chi connectivity index (χ1) is 22.1. The zero-order valence-electron chi connectivity index (χ0n) is 25.1. The van der Waals surface area contributed by atoms with Gasteiger partial charge in [0.15, 0.2) is 11.6 Å². The molecular weight excluding hydrogens is 614 g/mol. The summed E-state index contributed by atoms with van der Waals surface area (Å²) < 4.78 is 66.7. The second kappa shape index (κ2) is 13.5. The zero-order valence-corrected chi connectivity index (χ0v) is 25.9. The highest BCUT2D eigenvalue weighted by Gasteiger charge is 2.22. The molecule has 4 N–H and O–H groups in total. The monoisotopic (exact) mass is 648 g/mol. The fraction of sp³-hybridized carbons (Fsp3) is 0.265. The summed E-state index contributed by atoms with van der Waals surface area (Å²) in [5.41, 5.74) is 3.35. The molecule has 0 unspecified atom stereocenters. The smallest absolute Gasteiger partial charge is 0.255 e. The molecule has 2 aliphatic rings. The van der Waals surface area contributed by atoms with E-state index in [2.05, 4.69) is 20.7 Å². The van der Waals surface area contributed by atoms with E-state index >= 15 is 0 Å². The van der Waals surface area contributed by atoms with Crippen LogP contribution in [-0.2, 0) is 10.0 Å². The Hall–Kier alpha value is -4.52. The summed E-state index contributed by atoms with van der Waals surface area (Å²) in [7, 11) is -3.50. The first-order valence-electron chi connectivity index (χ1n) is 15.0. The lowest BCUT2D eigenvalue weighted by atomic mass is 10.0. The first-order valence-corrected chi connectivity index (χ1v) is 16.9. The largest absolute Gasteiger partial charge is 0.488 e. The molecule has 0 radical (unpaired) electrons. The quantitative estimate of drug-likeness (QED) is 0.182. The van der Waals surface area contributed by atoms with Crippen LogP contribution >= 0.6 is 0 Å². The van der Waals surface area contributed by atoms with Crippen LogP contribution in [0.2, 0.25) is 0 Å². The molecule has 4 aromatic carbocycles. The Labute approximate surface area is 266 Å². The fourth-order valence-electron chi connectivity index (χ4n) is 5.58. The predicted octanol–water partition coefficient (Wildman–Crippen LogP) is 5.40. The van der Waals surface area contributed by atoms with Crippen LogP contribution in [0.4, 0.5) is 20.2 Å². The van der Waals surface area contributed by atoms with Gasteiger partial charge in [-0.25, -0.2) is 17.2 Å². The molecule has 46 heavy (non-hydrogen) atoms. The lowest BCUT2D eigenvalue weighted by Gasteiger charge is -2.19. The van der Waals surface area contributed by atoms with Gasteiger partial charge in [0.2, 0.25) is 10.0 Å². The van der Waals surface area contributed by atoms with Crippen LogP contribution < -0.4 is 30.1 Å². The van der Waals surface area contributed by atoms with E-state index in [-0.39, 0.29) is 17.8 Å². The maximum atomic E-state index is 14.2. The number of hydrogen-bond donors (Lipinski definition) is 4. The molecule has 0 aromatic heterocycles. The van der Waals surface area contributed by atoms with Gasteiger partial charge >= 0.3 is 0 Å². The number of carbonyl (C=O) groups is 1. The Balaban J connectivity index is 1.31. The van der Waals surface area contributed by atoms with Crippen LogP contribution in [0.15, 0.2) is 78.9 Å². The minimum Gasteiger partial charge on any atom is -0.488 e. The maximum absolute atomic E-state index is 14.2. The van der Waals surface area contributed by atoms with Gasteiger partial charge in [0.25, 0.3) is 5.91 Å². The molecule has 6 rings (SSSR count). The zero-order chi connectivity index (χ0) is 32.3. The molecule has 1 amide bonds. The summed E-state index contributed by atoms with van der Waals surface area (Å²) in [6.45, 7) is 3.01. The van der Waals surface area contributed by atoms with Crippen LogP contribution in [0.25, 0.3) is 22.3 Å². The molecular formula is C34H34F2N4O5S. The van der Waals surface area contributed by atoms with E-state index in [4.69, 9.17) is 9.47 Å². The lowest BCUT2D eigenvalue weighted by molar-refractivity contribution is 0.102. The Morgan fingerprint density at radius 2 is 1.41 bits per heavy atom. The van der Waals surface area contributed by atoms with Gasteiger partial charge in [0.1, 0.15) is 23.7 Å². The summed E-state index contributed by atoms with van der Waals surface area (Å²) in [6.07, 6.45) is 2.60. The highest BCUT2D eigenvalue weighted by Crippen LogP contribution is 2.37. The number of benzene rings is 4. The molecule has 2 aliphatic heterocycles. The van der Waals surface area contributed by atoms with Crippen LogP contribution in [0.1, 0.15) is 23.2 Å². The van der Waals surface area contributed by atoms with E-state index in [1.165, 1.54) is 6.07 Å². The average Bonchev–Trinajstić information content (AvgIpc) is 3.74. The molecule has 2 fully saturated rings. The van der Waals surface area contributed by atoms with Gasteiger partial charge in [0.05, 0.1) is 6.26 Å². The third kappa shape index (κ3) is 7.64. The van der Waals surface area contributed by atoms with Crippen molar-refractivity contribution in [3.8, 4) is 33.8 Å². The van der Waals surface area contributed by atoms with E-state index in [0.717, 1.165) is 44.3 Å². The summed E-state index contributed by atoms with van der Waals surface area (Å²) in [6, 6.07) is 20.7. The normalized spacial score (nSPS) is 17.9. The van der Waals surface area contributed by atoms with E-state index in [1.54, 1.807) is 54.6 Å². The van der Waals surface area contributed by atoms with Crippen molar-refractivity contribution < 1.29 is 31.5 Å². The fourth-order valence-corrected chi connectivity index (χ4v) is 6.14. The van der Waals surface area contributed by atoms with E-state index in [0.29, 0.717) is 58.2 Å². The number of sulfonamides is 1. The molecule has 9 nitrogen and oxygen atoms in total. The van der Waals surface area contributed by atoms with Gasteiger partial charge in [-0.2, -0.15) is 0 Å². The number of anilines is 2. The molecule has 2 saturated heterocycles. The van der Waals surface area contributed by atoms with Crippen molar-refractivity contribution in [3.05, 3.63) is 96.1 Å². The standard InChI is InChI=1S/C34H34F2N4O5S/c1-46(42,43)40-25-4-2-3-21(15-25)29-18-24(7-10-33(29)45-27-12-14-38-20-27)39-34(41)23-6-9-32(44-26-11-13-37-19-26)28(16-23)22-5-8-30(35)31(36)17-22/h2-10,15-18,26-27,37-38,40H,11-14,19-20H2,1H3,(H,39,41)/t26-,27-/m0/s1. The average molecular weight is 649 g/mol. The minimum absolute atomic E-state index is 0.0352. The molecule has 0 bridgehead atoms. The number of carbonyl (C=O) groups excluding carboxylic acids is 1. The van der Waals surface area contributed by atoms with Gasteiger partial charge in [-0.3, -0.25) is 9.52 Å². The van der Waals surface area contributed by atoms with Crippen LogP contribution in [0.3, 0.4) is 0 Å². The van der Waals surface area contributed by atoms with Gasteiger partial charge in [-0.05, 0) is 97.7 Å². The van der Waals surface area contributed by atoms with Gasteiger partial charge in [-0.15, -0.1) is 0 Å². The Bertz CT molecular complexity index is 1860. The molecule has 4 aromatic rings. The Morgan fingerprint density at radius 3 is 2.04 bits per heavy atom. The number of halogens is 2. The van der Waals surface area contributed by atoms with Crippen molar-refractivity contribution in [2.24, 2.45) is 0 Å². The molecule has 0 spiro atoms. The number of hydrogen-bond acceptors (Lipinski definition) is 7. The van der Waals surface area contributed by atoms with Crippen LogP contribution in [0, 0.1) is 11.6 Å². The number of amides is 1. The highest BCUT2D eigenvalue weighted by atomic mass is 32.2. The third-order valence-corrected chi connectivity index (χ3v) is 8.41. The summed E-state index contributed by atoms with van der Waals surface area (Å²) in [5, 5.41) is 9.45. The van der Waals surface area contributed by atoms with Crippen molar-refractivity contribution in [2.75, 3.05) is 42.5 Å². The minimum atomic E-state index is -3.50. The van der Waals surface area contributed by atoms with Gasteiger partial charge in [-0.1, -0.05) is 18.2 Å². The van der Waals surface area contributed by atoms with E-state index in [1.807, 2.05) is 6.07 Å². The van der Waals surface area contributed by atoms with Crippen molar-refractivity contribution >= 4 is 27.3 Å². The van der Waals surface area contributed by atoms with Crippen LogP contribution in [0.5, 0.6) is 11.5 Å². The molecule has 0 aliphatic carbocycles. The Kier molecular flexibility index (Phi) is 9.20. The summed E-state index contributed by atoms with van der Waals surface area (Å²) in [4.78, 5) is 13.6. The van der Waals surface area contributed by atoms with Gasteiger partial charge < -0.3 is 25.4 Å². The molecule has 2 heterocycles. The topological polar surface area (TPSA) is 118 Å². The predicted molar refractivity (Wildman–Crippen MR) is 174 cm³/mol. The van der Waals surface area contributed by atoms with Crippen molar-refractivity contribution in [2.45, 2.75) is 25.0 Å². The summed E-state index contributed by atoms with van der Waals surface area (Å²) in [5.74, 6) is -1.34. The van der Waals surface area contributed by atoms with E-state index in [9.17, 15) is 22.0 Å².